The molecule has 18 heavy (non-hydrogen) atoms. The van der Waals surface area contributed by atoms with Gasteiger partial charge in [-0.15, -0.1) is 0 Å². The Morgan fingerprint density at radius 1 is 1.56 bits per heavy atom. The summed E-state index contributed by atoms with van der Waals surface area (Å²) in [5.41, 5.74) is 1.59. The second kappa shape index (κ2) is 5.02. The Kier molecular flexibility index (Phi) is 3.23. The highest BCUT2D eigenvalue weighted by atomic mass is 32.2. The summed E-state index contributed by atoms with van der Waals surface area (Å²) in [6, 6.07) is 5.60. The van der Waals surface area contributed by atoms with Crippen molar-refractivity contribution in [2.24, 2.45) is 0 Å². The molecule has 0 spiro atoms. The molecule has 1 aliphatic heterocycles. The number of carbonyl (C=O) groups excluding carboxylic acids is 1. The number of H-pyrrole nitrogens is 1. The van der Waals surface area contributed by atoms with Gasteiger partial charge in [0.1, 0.15) is 0 Å². The molecule has 1 fully saturated rings. The minimum atomic E-state index is -0.000926. The van der Waals surface area contributed by atoms with Crippen LogP contribution in [0.15, 0.2) is 24.4 Å². The van der Waals surface area contributed by atoms with E-state index in [1.54, 1.807) is 6.20 Å². The standard InChI is InChI=1S/C13H15N3OS/c17-13(14-8-11-2-1-5-18-11)9-3-4-10-7-15-16-12(10)6-9/h3-4,6-7,11H,1-2,5,8H2,(H,14,17)(H,15,16). The summed E-state index contributed by atoms with van der Waals surface area (Å²) >= 11 is 1.95. The quantitative estimate of drug-likeness (QED) is 0.890. The fourth-order valence-corrected chi connectivity index (χ4v) is 3.39. The molecule has 0 aliphatic carbocycles. The lowest BCUT2D eigenvalue weighted by atomic mass is 10.1. The first-order valence-electron chi connectivity index (χ1n) is 6.16. The van der Waals surface area contributed by atoms with Crippen molar-refractivity contribution in [2.45, 2.75) is 18.1 Å². The van der Waals surface area contributed by atoms with Gasteiger partial charge in [-0.25, -0.2) is 0 Å². The van der Waals surface area contributed by atoms with Crippen molar-refractivity contribution in [1.82, 2.24) is 15.5 Å². The Balaban J connectivity index is 1.67. The second-order valence-corrected chi connectivity index (χ2v) is 5.93. The summed E-state index contributed by atoms with van der Waals surface area (Å²) in [5, 5.41) is 11.4. The Bertz CT molecular complexity index is 560. The molecule has 1 aromatic heterocycles. The molecule has 1 unspecified atom stereocenters. The molecule has 3 rings (SSSR count). The van der Waals surface area contributed by atoms with Crippen molar-refractivity contribution in [2.75, 3.05) is 12.3 Å². The van der Waals surface area contributed by atoms with E-state index in [0.29, 0.717) is 10.8 Å². The zero-order chi connectivity index (χ0) is 12.4. The number of benzene rings is 1. The zero-order valence-electron chi connectivity index (χ0n) is 9.98. The van der Waals surface area contributed by atoms with Gasteiger partial charge in [0.05, 0.1) is 11.7 Å². The largest absolute Gasteiger partial charge is 0.351 e. The highest BCUT2D eigenvalue weighted by Gasteiger charge is 2.16. The van der Waals surface area contributed by atoms with E-state index in [0.717, 1.165) is 17.4 Å². The van der Waals surface area contributed by atoms with Crippen LogP contribution in [0.4, 0.5) is 0 Å². The Hall–Kier alpha value is -1.49. The molecule has 0 saturated carbocycles. The highest BCUT2D eigenvalue weighted by Crippen LogP contribution is 2.25. The number of hydrogen-bond acceptors (Lipinski definition) is 3. The van der Waals surface area contributed by atoms with E-state index in [1.165, 1.54) is 18.6 Å². The molecule has 4 nitrogen and oxygen atoms in total. The first kappa shape index (κ1) is 11.6. The maximum atomic E-state index is 12.0. The van der Waals surface area contributed by atoms with E-state index in [-0.39, 0.29) is 5.91 Å². The third kappa shape index (κ3) is 2.36. The molecule has 1 saturated heterocycles. The molecule has 0 radical (unpaired) electrons. The summed E-state index contributed by atoms with van der Waals surface area (Å²) in [6.45, 7) is 0.768. The van der Waals surface area contributed by atoms with E-state index in [2.05, 4.69) is 15.5 Å². The maximum Gasteiger partial charge on any atom is 0.251 e. The van der Waals surface area contributed by atoms with Crippen molar-refractivity contribution in [3.8, 4) is 0 Å². The number of hydrogen-bond donors (Lipinski definition) is 2. The molecule has 1 aromatic carbocycles. The summed E-state index contributed by atoms with van der Waals surface area (Å²) in [5.74, 6) is 1.22. The predicted octanol–water partition coefficient (Wildman–Crippen LogP) is 2.19. The van der Waals surface area contributed by atoms with Gasteiger partial charge >= 0.3 is 0 Å². The second-order valence-electron chi connectivity index (χ2n) is 4.52. The molecule has 2 heterocycles. The van der Waals surface area contributed by atoms with Crippen LogP contribution in [-0.4, -0.2) is 33.7 Å². The van der Waals surface area contributed by atoms with Gasteiger partial charge in [0.25, 0.3) is 5.91 Å². The van der Waals surface area contributed by atoms with E-state index < -0.39 is 0 Å². The Morgan fingerprint density at radius 3 is 3.33 bits per heavy atom. The number of nitrogens with zero attached hydrogens (tertiary/aromatic N) is 1. The molecular weight excluding hydrogens is 246 g/mol. The monoisotopic (exact) mass is 261 g/mol. The van der Waals surface area contributed by atoms with Crippen molar-refractivity contribution in [3.63, 3.8) is 0 Å². The van der Waals surface area contributed by atoms with Crippen LogP contribution in [0.1, 0.15) is 23.2 Å². The van der Waals surface area contributed by atoms with Crippen LogP contribution in [0.25, 0.3) is 10.9 Å². The molecule has 2 aromatic rings. The minimum Gasteiger partial charge on any atom is -0.351 e. The van der Waals surface area contributed by atoms with Crippen molar-refractivity contribution in [3.05, 3.63) is 30.0 Å². The predicted molar refractivity (Wildman–Crippen MR) is 73.9 cm³/mol. The van der Waals surface area contributed by atoms with E-state index in [1.807, 2.05) is 30.0 Å². The molecule has 0 bridgehead atoms. The van der Waals surface area contributed by atoms with E-state index >= 15 is 0 Å². The number of amides is 1. The van der Waals surface area contributed by atoms with Crippen molar-refractivity contribution >= 4 is 28.6 Å². The van der Waals surface area contributed by atoms with Crippen LogP contribution in [-0.2, 0) is 0 Å². The SMILES string of the molecule is O=C(NCC1CCCS1)c1ccc2cn[nH]c2c1. The van der Waals surface area contributed by atoms with Crippen molar-refractivity contribution in [1.29, 1.82) is 0 Å². The van der Waals surface area contributed by atoms with Crippen LogP contribution in [0.3, 0.4) is 0 Å². The average Bonchev–Trinajstić information content (AvgIpc) is 3.05. The number of aromatic nitrogens is 2. The Labute approximate surface area is 110 Å². The molecule has 94 valence electrons. The number of fused-ring (bicyclic) bond motifs is 1. The third-order valence-electron chi connectivity index (χ3n) is 3.22. The van der Waals surface area contributed by atoms with Crippen LogP contribution in [0.2, 0.25) is 0 Å². The molecule has 2 N–H and O–H groups in total. The zero-order valence-corrected chi connectivity index (χ0v) is 10.8. The molecule has 1 amide bonds. The minimum absolute atomic E-state index is 0.000926. The first-order valence-corrected chi connectivity index (χ1v) is 7.21. The molecule has 1 aliphatic rings. The number of nitrogens with one attached hydrogen (secondary N) is 2. The summed E-state index contributed by atoms with van der Waals surface area (Å²) < 4.78 is 0. The number of carbonyl (C=O) groups is 1. The highest BCUT2D eigenvalue weighted by molar-refractivity contribution is 8.00. The van der Waals surface area contributed by atoms with Crippen LogP contribution < -0.4 is 5.32 Å². The van der Waals surface area contributed by atoms with Gasteiger partial charge in [0.15, 0.2) is 0 Å². The number of rotatable bonds is 3. The lowest BCUT2D eigenvalue weighted by Crippen LogP contribution is -2.29. The van der Waals surface area contributed by atoms with Gasteiger partial charge in [-0.3, -0.25) is 9.89 Å². The smallest absolute Gasteiger partial charge is 0.251 e. The fraction of sp³-hybridized carbons (Fsp3) is 0.385. The maximum absolute atomic E-state index is 12.0. The van der Waals surface area contributed by atoms with Crippen LogP contribution in [0.5, 0.6) is 0 Å². The lowest BCUT2D eigenvalue weighted by molar-refractivity contribution is 0.0954. The molecule has 1 atom stereocenters. The van der Waals surface area contributed by atoms with Gasteiger partial charge in [0, 0.05) is 22.7 Å². The molecular formula is C13H15N3OS. The normalized spacial score (nSPS) is 19.2. The van der Waals surface area contributed by atoms with Gasteiger partial charge in [-0.05, 0) is 30.7 Å². The van der Waals surface area contributed by atoms with E-state index in [9.17, 15) is 4.79 Å². The van der Waals surface area contributed by atoms with Crippen LogP contribution in [0, 0.1) is 0 Å². The third-order valence-corrected chi connectivity index (χ3v) is 4.62. The van der Waals surface area contributed by atoms with Gasteiger partial charge in [-0.1, -0.05) is 6.07 Å². The number of thioether (sulfide) groups is 1. The summed E-state index contributed by atoms with van der Waals surface area (Å²) in [7, 11) is 0. The van der Waals surface area contributed by atoms with Gasteiger partial charge in [-0.2, -0.15) is 16.9 Å². The summed E-state index contributed by atoms with van der Waals surface area (Å²) in [4.78, 5) is 12.0. The molecule has 5 heteroatoms. The average molecular weight is 261 g/mol. The van der Waals surface area contributed by atoms with Crippen molar-refractivity contribution < 1.29 is 4.79 Å². The lowest BCUT2D eigenvalue weighted by Gasteiger charge is -2.10. The summed E-state index contributed by atoms with van der Waals surface area (Å²) in [6.07, 6.45) is 4.24. The van der Waals surface area contributed by atoms with Gasteiger partial charge in [0.2, 0.25) is 0 Å². The first-order chi connectivity index (χ1) is 8.83. The van der Waals surface area contributed by atoms with Crippen LogP contribution >= 0.6 is 11.8 Å². The Morgan fingerprint density at radius 2 is 2.50 bits per heavy atom. The topological polar surface area (TPSA) is 57.8 Å². The van der Waals surface area contributed by atoms with Gasteiger partial charge < -0.3 is 5.32 Å². The van der Waals surface area contributed by atoms with E-state index in [4.69, 9.17) is 0 Å². The fourth-order valence-electron chi connectivity index (χ4n) is 2.19. The number of aromatic amines is 1.